The lowest BCUT2D eigenvalue weighted by Crippen LogP contribution is -2.01. The molecule has 0 fully saturated rings. The van der Waals surface area contributed by atoms with Gasteiger partial charge in [0.25, 0.3) is 0 Å². The number of hydrogen-bond donors (Lipinski definition) is 1. The van der Waals surface area contributed by atoms with Crippen molar-refractivity contribution >= 4 is 16.7 Å². The lowest BCUT2D eigenvalue weighted by atomic mass is 10.1. The fourth-order valence-corrected chi connectivity index (χ4v) is 1.99. The average Bonchev–Trinajstić information content (AvgIpc) is 2.90. The third-order valence-electron chi connectivity index (χ3n) is 3.02. The molecule has 94 valence electrons. The monoisotopic (exact) mass is 252 g/mol. The van der Waals surface area contributed by atoms with E-state index < -0.39 is 0 Å². The number of carbonyl (C=O) groups is 1. The molecular weight excluding hydrogens is 240 g/mol. The first-order chi connectivity index (χ1) is 9.28. The molecule has 1 N–H and O–H groups in total. The number of carbonyl (C=O) groups excluding carboxylic acids is 1. The molecule has 0 unspecified atom stereocenters. The van der Waals surface area contributed by atoms with Crippen LogP contribution < -0.4 is 4.74 Å². The lowest BCUT2D eigenvalue weighted by molar-refractivity contribution is 0.103. The molecule has 1 aromatic carbocycles. The topological polar surface area (TPSA) is 55.0 Å². The van der Waals surface area contributed by atoms with Crippen LogP contribution in [0.3, 0.4) is 0 Å². The van der Waals surface area contributed by atoms with E-state index in [0.29, 0.717) is 11.3 Å². The first-order valence-corrected chi connectivity index (χ1v) is 5.89. The molecule has 19 heavy (non-hydrogen) atoms. The Morgan fingerprint density at radius 2 is 2.00 bits per heavy atom. The first-order valence-electron chi connectivity index (χ1n) is 5.89. The number of fused-ring (bicyclic) bond motifs is 1. The predicted octanol–water partition coefficient (Wildman–Crippen LogP) is 2.80. The standard InChI is InChI=1S/C15H12N2O2/c1-19-12-4-2-10(3-5-12)15(18)13-8-11-6-7-16-9-14(11)17-13/h2-9,17H,1H3. The van der Waals surface area contributed by atoms with Gasteiger partial charge in [-0.1, -0.05) is 0 Å². The third-order valence-corrected chi connectivity index (χ3v) is 3.02. The van der Waals surface area contributed by atoms with Crippen LogP contribution in [0.25, 0.3) is 10.9 Å². The molecule has 0 atom stereocenters. The summed E-state index contributed by atoms with van der Waals surface area (Å²) in [6.45, 7) is 0. The van der Waals surface area contributed by atoms with Gasteiger partial charge in [-0.05, 0) is 36.4 Å². The van der Waals surface area contributed by atoms with Crippen molar-refractivity contribution in [1.29, 1.82) is 0 Å². The summed E-state index contributed by atoms with van der Waals surface area (Å²) in [5, 5.41) is 0.979. The Balaban J connectivity index is 1.98. The van der Waals surface area contributed by atoms with Crippen molar-refractivity contribution in [2.75, 3.05) is 7.11 Å². The molecule has 2 heterocycles. The van der Waals surface area contributed by atoms with Crippen LogP contribution >= 0.6 is 0 Å². The first kappa shape index (κ1) is 11.5. The van der Waals surface area contributed by atoms with E-state index in [1.54, 1.807) is 43.8 Å². The summed E-state index contributed by atoms with van der Waals surface area (Å²) in [5.74, 6) is 0.691. The minimum Gasteiger partial charge on any atom is -0.497 e. The number of aromatic amines is 1. The highest BCUT2D eigenvalue weighted by Crippen LogP contribution is 2.18. The van der Waals surface area contributed by atoms with Crippen molar-refractivity contribution in [3.63, 3.8) is 0 Å². The highest BCUT2D eigenvalue weighted by Gasteiger charge is 2.12. The number of hydrogen-bond acceptors (Lipinski definition) is 3. The molecule has 4 heteroatoms. The third kappa shape index (κ3) is 2.08. The van der Waals surface area contributed by atoms with Crippen molar-refractivity contribution in [1.82, 2.24) is 9.97 Å². The Morgan fingerprint density at radius 3 is 2.68 bits per heavy atom. The number of ether oxygens (including phenoxy) is 1. The molecular formula is C15H12N2O2. The Kier molecular flexibility index (Phi) is 2.76. The van der Waals surface area contributed by atoms with Crippen LogP contribution in [0.15, 0.2) is 48.8 Å². The molecule has 0 saturated heterocycles. The molecule has 0 bridgehead atoms. The van der Waals surface area contributed by atoms with E-state index in [4.69, 9.17) is 4.74 Å². The second kappa shape index (κ2) is 4.57. The maximum Gasteiger partial charge on any atom is 0.209 e. The van der Waals surface area contributed by atoms with Gasteiger partial charge in [0.1, 0.15) is 5.75 Å². The van der Waals surface area contributed by atoms with Crippen LogP contribution in [0, 0.1) is 0 Å². The van der Waals surface area contributed by atoms with E-state index in [2.05, 4.69) is 9.97 Å². The Hall–Kier alpha value is -2.62. The van der Waals surface area contributed by atoms with E-state index in [1.165, 1.54) is 0 Å². The Labute approximate surface area is 110 Å². The van der Waals surface area contributed by atoms with Crippen LogP contribution in [-0.2, 0) is 0 Å². The average molecular weight is 252 g/mol. The second-order valence-corrected chi connectivity index (χ2v) is 4.20. The minimum absolute atomic E-state index is 0.0427. The smallest absolute Gasteiger partial charge is 0.209 e. The van der Waals surface area contributed by atoms with Gasteiger partial charge in [0.2, 0.25) is 5.78 Å². The maximum atomic E-state index is 12.3. The molecule has 2 aromatic heterocycles. The second-order valence-electron chi connectivity index (χ2n) is 4.20. The number of benzene rings is 1. The van der Waals surface area contributed by atoms with Crippen LogP contribution in [0.2, 0.25) is 0 Å². The molecule has 3 aromatic rings. The highest BCUT2D eigenvalue weighted by atomic mass is 16.5. The summed E-state index contributed by atoms with van der Waals surface area (Å²) in [7, 11) is 1.60. The molecule has 0 aliphatic carbocycles. The predicted molar refractivity (Wildman–Crippen MR) is 72.5 cm³/mol. The van der Waals surface area contributed by atoms with E-state index in [1.807, 2.05) is 12.1 Å². The molecule has 3 rings (SSSR count). The molecule has 0 aliphatic heterocycles. The number of H-pyrrole nitrogens is 1. The SMILES string of the molecule is COc1ccc(C(=O)c2cc3ccncc3[nH]2)cc1. The summed E-state index contributed by atoms with van der Waals surface area (Å²) < 4.78 is 5.08. The molecule has 0 radical (unpaired) electrons. The number of methoxy groups -OCH3 is 1. The lowest BCUT2D eigenvalue weighted by Gasteiger charge is -2.01. The molecule has 0 saturated carbocycles. The fourth-order valence-electron chi connectivity index (χ4n) is 1.99. The molecule has 0 spiro atoms. The van der Waals surface area contributed by atoms with Gasteiger partial charge in [0.15, 0.2) is 0 Å². The number of aromatic nitrogens is 2. The van der Waals surface area contributed by atoms with Gasteiger partial charge in [-0.25, -0.2) is 0 Å². The number of nitrogens with zero attached hydrogens (tertiary/aromatic N) is 1. The summed E-state index contributed by atoms with van der Waals surface area (Å²) >= 11 is 0. The molecule has 0 aliphatic rings. The van der Waals surface area contributed by atoms with Crippen molar-refractivity contribution in [3.05, 3.63) is 60.0 Å². The molecule has 0 amide bonds. The largest absolute Gasteiger partial charge is 0.497 e. The fraction of sp³-hybridized carbons (Fsp3) is 0.0667. The van der Waals surface area contributed by atoms with Crippen molar-refractivity contribution in [2.45, 2.75) is 0 Å². The summed E-state index contributed by atoms with van der Waals surface area (Å²) in [6.07, 6.45) is 3.41. The van der Waals surface area contributed by atoms with Crippen LogP contribution in [0.1, 0.15) is 16.1 Å². The Morgan fingerprint density at radius 1 is 1.21 bits per heavy atom. The van der Waals surface area contributed by atoms with E-state index >= 15 is 0 Å². The normalized spacial score (nSPS) is 10.6. The van der Waals surface area contributed by atoms with Gasteiger partial charge < -0.3 is 9.72 Å². The van der Waals surface area contributed by atoms with Gasteiger partial charge >= 0.3 is 0 Å². The van der Waals surface area contributed by atoms with Crippen molar-refractivity contribution in [2.24, 2.45) is 0 Å². The van der Waals surface area contributed by atoms with Gasteiger partial charge in [0, 0.05) is 17.1 Å². The summed E-state index contributed by atoms with van der Waals surface area (Å²) in [5.41, 5.74) is 2.05. The van der Waals surface area contributed by atoms with E-state index in [-0.39, 0.29) is 5.78 Å². The zero-order valence-corrected chi connectivity index (χ0v) is 10.4. The number of pyridine rings is 1. The summed E-state index contributed by atoms with van der Waals surface area (Å²) in [4.78, 5) is 19.4. The zero-order chi connectivity index (χ0) is 13.2. The van der Waals surface area contributed by atoms with Crippen molar-refractivity contribution in [3.8, 4) is 5.75 Å². The van der Waals surface area contributed by atoms with Crippen molar-refractivity contribution < 1.29 is 9.53 Å². The Bertz CT molecular complexity index is 696. The van der Waals surface area contributed by atoms with E-state index in [0.717, 1.165) is 16.7 Å². The van der Waals surface area contributed by atoms with Crippen LogP contribution in [0.5, 0.6) is 5.75 Å². The van der Waals surface area contributed by atoms with Crippen LogP contribution in [-0.4, -0.2) is 22.9 Å². The van der Waals surface area contributed by atoms with Gasteiger partial charge in [-0.15, -0.1) is 0 Å². The minimum atomic E-state index is -0.0427. The number of rotatable bonds is 3. The van der Waals surface area contributed by atoms with Crippen LogP contribution in [0.4, 0.5) is 0 Å². The quantitative estimate of drug-likeness (QED) is 0.729. The van der Waals surface area contributed by atoms with Gasteiger partial charge in [-0.2, -0.15) is 0 Å². The van der Waals surface area contributed by atoms with Gasteiger partial charge in [-0.3, -0.25) is 9.78 Å². The van der Waals surface area contributed by atoms with Gasteiger partial charge in [0.05, 0.1) is 24.5 Å². The zero-order valence-electron chi connectivity index (χ0n) is 10.4. The maximum absolute atomic E-state index is 12.3. The van der Waals surface area contributed by atoms with E-state index in [9.17, 15) is 4.79 Å². The summed E-state index contributed by atoms with van der Waals surface area (Å²) in [6, 6.07) is 10.8. The highest BCUT2D eigenvalue weighted by molar-refractivity contribution is 6.10. The number of ketones is 1. The number of nitrogens with one attached hydrogen (secondary N) is 1. The molecule has 4 nitrogen and oxygen atoms in total.